The van der Waals surface area contributed by atoms with Gasteiger partial charge in [-0.05, 0) is 57.8 Å². The van der Waals surface area contributed by atoms with Crippen LogP contribution in [0.3, 0.4) is 0 Å². The van der Waals surface area contributed by atoms with Gasteiger partial charge in [0, 0.05) is 19.3 Å². The topological polar surface area (TPSA) is 78.9 Å². The van der Waals surface area contributed by atoms with E-state index >= 15 is 0 Å². The van der Waals surface area contributed by atoms with Crippen LogP contribution in [0.1, 0.15) is 329 Å². The summed E-state index contributed by atoms with van der Waals surface area (Å²) >= 11 is 0. The molecule has 0 aliphatic rings. The first-order valence-corrected chi connectivity index (χ1v) is 31.1. The van der Waals surface area contributed by atoms with Crippen LogP contribution in [-0.4, -0.2) is 37.2 Å². The number of carbonyl (C=O) groups excluding carboxylic acids is 3. The van der Waals surface area contributed by atoms with Gasteiger partial charge in [-0.3, -0.25) is 14.4 Å². The van der Waals surface area contributed by atoms with E-state index in [1.807, 2.05) is 0 Å². The van der Waals surface area contributed by atoms with Crippen LogP contribution in [0.25, 0.3) is 0 Å². The highest BCUT2D eigenvalue weighted by Gasteiger charge is 2.19. The van der Waals surface area contributed by atoms with Crippen molar-refractivity contribution in [3.8, 4) is 0 Å². The summed E-state index contributed by atoms with van der Waals surface area (Å²) in [6, 6.07) is 0. The van der Waals surface area contributed by atoms with E-state index in [1.165, 1.54) is 205 Å². The molecule has 414 valence electrons. The summed E-state index contributed by atoms with van der Waals surface area (Å²) in [4.78, 5) is 37.8. The highest BCUT2D eigenvalue weighted by atomic mass is 16.6. The van der Waals surface area contributed by atoms with E-state index in [2.05, 4.69) is 69.4 Å². The molecule has 0 radical (unpaired) electrons. The third kappa shape index (κ3) is 58.1. The molecule has 0 amide bonds. The highest BCUT2D eigenvalue weighted by Crippen LogP contribution is 2.18. The zero-order valence-electron chi connectivity index (χ0n) is 47.5. The first kappa shape index (κ1) is 68.4. The second-order valence-electron chi connectivity index (χ2n) is 21.0. The van der Waals surface area contributed by atoms with Crippen molar-refractivity contribution < 1.29 is 28.6 Å². The van der Waals surface area contributed by atoms with Crippen molar-refractivity contribution >= 4 is 17.9 Å². The zero-order valence-corrected chi connectivity index (χ0v) is 47.5. The molecule has 0 spiro atoms. The number of rotatable bonds is 57. The summed E-state index contributed by atoms with van der Waals surface area (Å²) < 4.78 is 16.7. The third-order valence-corrected chi connectivity index (χ3v) is 13.8. The van der Waals surface area contributed by atoms with E-state index in [-0.39, 0.29) is 37.5 Å². The van der Waals surface area contributed by atoms with Gasteiger partial charge in [-0.1, -0.05) is 301 Å². The lowest BCUT2D eigenvalue weighted by atomic mass is 10.0. The zero-order chi connectivity index (χ0) is 51.4. The van der Waals surface area contributed by atoms with E-state index in [9.17, 15) is 14.4 Å². The van der Waals surface area contributed by atoms with E-state index in [0.29, 0.717) is 19.3 Å². The Hall–Kier alpha value is -2.63. The van der Waals surface area contributed by atoms with Crippen LogP contribution >= 0.6 is 0 Å². The molecule has 1 unspecified atom stereocenters. The molecule has 0 aliphatic heterocycles. The van der Waals surface area contributed by atoms with Gasteiger partial charge in [-0.25, -0.2) is 0 Å². The first-order valence-electron chi connectivity index (χ1n) is 31.1. The first-order chi connectivity index (χ1) is 35.0. The molecular formula is C65H118O6. The Labute approximate surface area is 441 Å². The summed E-state index contributed by atoms with van der Waals surface area (Å²) in [6.45, 7) is 6.47. The molecule has 0 saturated carbocycles. The number of unbranched alkanes of at least 4 members (excludes halogenated alkanes) is 38. The Bertz CT molecular complexity index is 1230. The Morgan fingerprint density at radius 1 is 0.296 bits per heavy atom. The second kappa shape index (κ2) is 59.9. The van der Waals surface area contributed by atoms with Crippen molar-refractivity contribution in [1.82, 2.24) is 0 Å². The molecule has 0 aromatic heterocycles. The molecule has 0 bridgehead atoms. The fourth-order valence-corrected chi connectivity index (χ4v) is 9.20. The Balaban J connectivity index is 3.95. The fraction of sp³-hybridized carbons (Fsp3) is 0.831. The largest absolute Gasteiger partial charge is 0.462 e. The minimum absolute atomic E-state index is 0.0869. The number of esters is 3. The van der Waals surface area contributed by atoms with Gasteiger partial charge in [0.15, 0.2) is 6.10 Å². The number of hydrogen-bond donors (Lipinski definition) is 0. The van der Waals surface area contributed by atoms with Gasteiger partial charge < -0.3 is 14.2 Å². The van der Waals surface area contributed by atoms with Gasteiger partial charge in [0.1, 0.15) is 13.2 Å². The van der Waals surface area contributed by atoms with Crippen LogP contribution in [0, 0.1) is 0 Å². The number of carbonyl (C=O) groups is 3. The van der Waals surface area contributed by atoms with Crippen molar-refractivity contribution in [2.75, 3.05) is 13.2 Å². The van der Waals surface area contributed by atoms with E-state index in [4.69, 9.17) is 14.2 Å². The Kier molecular flexibility index (Phi) is 57.7. The van der Waals surface area contributed by atoms with E-state index in [1.54, 1.807) is 0 Å². The molecular weight excluding hydrogens is 877 g/mol. The molecule has 0 N–H and O–H groups in total. The number of allylic oxidation sites excluding steroid dienone is 8. The minimum atomic E-state index is -0.789. The lowest BCUT2D eigenvalue weighted by Crippen LogP contribution is -2.30. The van der Waals surface area contributed by atoms with Crippen LogP contribution < -0.4 is 0 Å². The molecule has 0 fully saturated rings. The van der Waals surface area contributed by atoms with E-state index in [0.717, 1.165) is 77.0 Å². The maximum atomic E-state index is 12.8. The Morgan fingerprint density at radius 3 is 0.859 bits per heavy atom. The molecule has 6 heteroatoms. The molecule has 71 heavy (non-hydrogen) atoms. The van der Waals surface area contributed by atoms with E-state index < -0.39 is 6.10 Å². The summed E-state index contributed by atoms with van der Waals surface area (Å²) in [5.74, 6) is -0.926. The quantitative estimate of drug-likeness (QED) is 0.0261. The van der Waals surface area contributed by atoms with Gasteiger partial charge in [0.25, 0.3) is 0 Å². The van der Waals surface area contributed by atoms with Crippen LogP contribution in [0.5, 0.6) is 0 Å². The summed E-state index contributed by atoms with van der Waals surface area (Å²) in [7, 11) is 0. The standard InChI is InChI=1S/C65H118O6/c1-4-7-10-13-16-18-20-22-24-25-26-27-28-29-30-31-32-33-34-35-36-37-38-39-40-42-43-45-47-49-52-55-58-64(67)70-61-62(60-69-63(66)57-54-51-15-12-9-6-3)71-65(68)59-56-53-50-48-46-44-41-23-21-19-17-14-11-8-5-2/h8,11,17,19,23,41,46,48,62H,4-7,9-10,12-16,18,20-22,24-40,42-45,47,49-61H2,1-3H3/b11-8-,19-17-,41-23-,48-46-. The van der Waals surface area contributed by atoms with Crippen molar-refractivity contribution in [3.05, 3.63) is 48.6 Å². The van der Waals surface area contributed by atoms with Gasteiger partial charge in [0.05, 0.1) is 0 Å². The molecule has 1 atom stereocenters. The van der Waals surface area contributed by atoms with Gasteiger partial charge >= 0.3 is 17.9 Å². The van der Waals surface area contributed by atoms with Crippen LogP contribution in [-0.2, 0) is 28.6 Å². The fourth-order valence-electron chi connectivity index (χ4n) is 9.20. The van der Waals surface area contributed by atoms with Crippen molar-refractivity contribution in [1.29, 1.82) is 0 Å². The average molecular weight is 996 g/mol. The summed E-state index contributed by atoms with van der Waals surface area (Å²) in [5, 5.41) is 0. The van der Waals surface area contributed by atoms with Crippen molar-refractivity contribution in [2.24, 2.45) is 0 Å². The predicted molar refractivity (Wildman–Crippen MR) is 307 cm³/mol. The van der Waals surface area contributed by atoms with Crippen LogP contribution in [0.4, 0.5) is 0 Å². The SMILES string of the molecule is CC/C=C\C/C=C\C/C=C\C/C=C\CCCCC(=O)OC(COC(=O)CCCCCCCC)COC(=O)CCCCCCCCCCCCCCCCCCCCCCCCCCCCCCCCCC. The molecule has 0 aromatic rings. The van der Waals surface area contributed by atoms with Crippen LogP contribution in [0.2, 0.25) is 0 Å². The summed E-state index contributed by atoms with van der Waals surface area (Å²) in [6.07, 6.45) is 74.7. The predicted octanol–water partition coefficient (Wildman–Crippen LogP) is 21.0. The smallest absolute Gasteiger partial charge is 0.306 e. The molecule has 0 heterocycles. The molecule has 0 rings (SSSR count). The molecule has 0 aliphatic carbocycles. The minimum Gasteiger partial charge on any atom is -0.462 e. The lowest BCUT2D eigenvalue weighted by Gasteiger charge is -2.18. The average Bonchev–Trinajstić information content (AvgIpc) is 3.37. The second-order valence-corrected chi connectivity index (χ2v) is 21.0. The maximum absolute atomic E-state index is 12.8. The molecule has 6 nitrogen and oxygen atoms in total. The summed E-state index contributed by atoms with van der Waals surface area (Å²) in [5.41, 5.74) is 0. The van der Waals surface area contributed by atoms with Gasteiger partial charge in [0.2, 0.25) is 0 Å². The highest BCUT2D eigenvalue weighted by molar-refractivity contribution is 5.71. The number of ether oxygens (including phenoxy) is 3. The molecule has 0 saturated heterocycles. The van der Waals surface area contributed by atoms with Gasteiger partial charge in [-0.15, -0.1) is 0 Å². The van der Waals surface area contributed by atoms with Crippen LogP contribution in [0.15, 0.2) is 48.6 Å². The monoisotopic (exact) mass is 995 g/mol. The van der Waals surface area contributed by atoms with Crippen molar-refractivity contribution in [2.45, 2.75) is 335 Å². The number of hydrogen-bond acceptors (Lipinski definition) is 6. The third-order valence-electron chi connectivity index (χ3n) is 13.8. The Morgan fingerprint density at radius 2 is 0.549 bits per heavy atom. The van der Waals surface area contributed by atoms with Crippen molar-refractivity contribution in [3.63, 3.8) is 0 Å². The maximum Gasteiger partial charge on any atom is 0.306 e. The normalized spacial score (nSPS) is 12.3. The van der Waals surface area contributed by atoms with Gasteiger partial charge in [-0.2, -0.15) is 0 Å². The molecule has 0 aromatic carbocycles. The lowest BCUT2D eigenvalue weighted by molar-refractivity contribution is -0.167.